The minimum atomic E-state index is -1.78. The van der Waals surface area contributed by atoms with Crippen molar-refractivity contribution in [3.8, 4) is 11.1 Å². The average molecular weight is 466 g/mol. The SMILES string of the molecule is N[C@@](CC(=O)O)(C(=O)OCC1c2ccccc2-c2ccccc21)c1cccc(Br)c1. The number of ether oxygens (including phenoxy) is 1. The molecule has 3 aromatic carbocycles. The first kappa shape index (κ1) is 20.3. The van der Waals surface area contributed by atoms with E-state index in [0.29, 0.717) is 10.0 Å². The molecule has 3 aromatic rings. The molecule has 6 heteroatoms. The maximum atomic E-state index is 13.1. The molecule has 0 aliphatic heterocycles. The molecule has 0 heterocycles. The van der Waals surface area contributed by atoms with Crippen molar-refractivity contribution in [1.82, 2.24) is 0 Å². The zero-order valence-electron chi connectivity index (χ0n) is 16.0. The van der Waals surface area contributed by atoms with Gasteiger partial charge in [-0.25, -0.2) is 4.79 Å². The molecule has 3 N–H and O–H groups in total. The van der Waals surface area contributed by atoms with Crippen LogP contribution in [0.1, 0.15) is 29.0 Å². The summed E-state index contributed by atoms with van der Waals surface area (Å²) in [6, 6.07) is 22.8. The normalized spacial score (nSPS) is 14.5. The molecule has 1 aliphatic carbocycles. The Bertz CT molecular complexity index is 1080. The van der Waals surface area contributed by atoms with Crippen molar-refractivity contribution in [2.75, 3.05) is 6.61 Å². The van der Waals surface area contributed by atoms with E-state index in [1.807, 2.05) is 36.4 Å². The van der Waals surface area contributed by atoms with Crippen LogP contribution in [0, 0.1) is 0 Å². The van der Waals surface area contributed by atoms with Gasteiger partial charge in [-0.3, -0.25) is 4.79 Å². The van der Waals surface area contributed by atoms with Gasteiger partial charge < -0.3 is 15.6 Å². The van der Waals surface area contributed by atoms with E-state index >= 15 is 0 Å². The summed E-state index contributed by atoms with van der Waals surface area (Å²) < 4.78 is 6.36. The van der Waals surface area contributed by atoms with Gasteiger partial charge in [0.2, 0.25) is 0 Å². The summed E-state index contributed by atoms with van der Waals surface area (Å²) in [7, 11) is 0. The number of hydrogen-bond acceptors (Lipinski definition) is 4. The fraction of sp³-hybridized carbons (Fsp3) is 0.167. The number of halogens is 1. The van der Waals surface area contributed by atoms with Crippen molar-refractivity contribution in [3.05, 3.63) is 94.0 Å². The molecule has 0 aromatic heterocycles. The lowest BCUT2D eigenvalue weighted by molar-refractivity contribution is -0.155. The number of fused-ring (bicyclic) bond motifs is 3. The monoisotopic (exact) mass is 465 g/mol. The van der Waals surface area contributed by atoms with Gasteiger partial charge >= 0.3 is 11.9 Å². The molecule has 1 atom stereocenters. The van der Waals surface area contributed by atoms with E-state index in [1.165, 1.54) is 0 Å². The molecule has 5 nitrogen and oxygen atoms in total. The fourth-order valence-corrected chi connectivity index (χ4v) is 4.42. The highest BCUT2D eigenvalue weighted by Crippen LogP contribution is 2.44. The van der Waals surface area contributed by atoms with E-state index in [-0.39, 0.29) is 12.5 Å². The lowest BCUT2D eigenvalue weighted by Crippen LogP contribution is -2.48. The maximum absolute atomic E-state index is 13.1. The third-order valence-corrected chi connectivity index (χ3v) is 5.97. The molecule has 0 amide bonds. The molecule has 0 saturated heterocycles. The van der Waals surface area contributed by atoms with Crippen LogP contribution in [-0.2, 0) is 19.9 Å². The van der Waals surface area contributed by atoms with Gasteiger partial charge in [-0.2, -0.15) is 0 Å². The van der Waals surface area contributed by atoms with Crippen LogP contribution in [0.5, 0.6) is 0 Å². The smallest absolute Gasteiger partial charge is 0.331 e. The van der Waals surface area contributed by atoms with Gasteiger partial charge in [0.1, 0.15) is 6.61 Å². The van der Waals surface area contributed by atoms with Crippen molar-refractivity contribution in [3.63, 3.8) is 0 Å². The van der Waals surface area contributed by atoms with Crippen LogP contribution in [0.2, 0.25) is 0 Å². The predicted octanol–water partition coefficient (Wildman–Crippen LogP) is 4.43. The second-order valence-electron chi connectivity index (χ2n) is 7.38. The summed E-state index contributed by atoms with van der Waals surface area (Å²) in [4.78, 5) is 24.5. The lowest BCUT2D eigenvalue weighted by Gasteiger charge is -2.27. The lowest BCUT2D eigenvalue weighted by atomic mass is 9.87. The van der Waals surface area contributed by atoms with Gasteiger partial charge in [0, 0.05) is 10.4 Å². The standard InChI is InChI=1S/C24H20BrNO4/c25-16-7-5-6-15(12-16)24(26,13-22(27)28)23(29)30-14-21-19-10-3-1-8-17(19)18-9-2-4-11-20(18)21/h1-12,21H,13-14,26H2,(H,27,28)/t24-/m1/s1. The Kier molecular flexibility index (Phi) is 5.45. The van der Waals surface area contributed by atoms with Crippen molar-refractivity contribution >= 4 is 27.9 Å². The Morgan fingerprint density at radius 2 is 1.57 bits per heavy atom. The zero-order chi connectivity index (χ0) is 21.3. The first-order chi connectivity index (χ1) is 14.4. The van der Waals surface area contributed by atoms with Crippen LogP contribution < -0.4 is 5.73 Å². The third kappa shape index (κ3) is 3.64. The number of aliphatic carboxylic acids is 1. The summed E-state index contributed by atoms with van der Waals surface area (Å²) in [5.41, 5.74) is 9.32. The molecule has 0 spiro atoms. The van der Waals surface area contributed by atoms with Gasteiger partial charge in [0.25, 0.3) is 0 Å². The third-order valence-electron chi connectivity index (χ3n) is 5.48. The highest BCUT2D eigenvalue weighted by Gasteiger charge is 2.41. The average Bonchev–Trinajstić information content (AvgIpc) is 3.05. The topological polar surface area (TPSA) is 89.6 Å². The number of benzene rings is 3. The molecular formula is C24H20BrNO4. The Balaban J connectivity index is 1.62. The van der Waals surface area contributed by atoms with Gasteiger partial charge in [-0.15, -0.1) is 0 Å². The molecule has 4 rings (SSSR count). The summed E-state index contributed by atoms with van der Waals surface area (Å²) in [5, 5.41) is 9.37. The second kappa shape index (κ2) is 8.05. The highest BCUT2D eigenvalue weighted by atomic mass is 79.9. The molecular weight excluding hydrogens is 446 g/mol. The predicted molar refractivity (Wildman–Crippen MR) is 117 cm³/mol. The van der Waals surface area contributed by atoms with Crippen molar-refractivity contribution in [2.24, 2.45) is 5.73 Å². The molecule has 0 bridgehead atoms. The number of carbonyl (C=O) groups excluding carboxylic acids is 1. The van der Waals surface area contributed by atoms with Gasteiger partial charge in [0.05, 0.1) is 6.42 Å². The minimum Gasteiger partial charge on any atom is -0.481 e. The van der Waals surface area contributed by atoms with Crippen molar-refractivity contribution < 1.29 is 19.4 Å². The largest absolute Gasteiger partial charge is 0.481 e. The van der Waals surface area contributed by atoms with Crippen molar-refractivity contribution in [1.29, 1.82) is 0 Å². The molecule has 30 heavy (non-hydrogen) atoms. The molecule has 1 aliphatic rings. The van der Waals surface area contributed by atoms with Gasteiger partial charge in [-0.05, 0) is 39.9 Å². The minimum absolute atomic E-state index is 0.0828. The number of carboxylic acid groups (broad SMARTS) is 1. The van der Waals surface area contributed by atoms with Crippen molar-refractivity contribution in [2.45, 2.75) is 17.9 Å². The van der Waals surface area contributed by atoms with Crippen LogP contribution in [0.15, 0.2) is 77.3 Å². The molecule has 0 radical (unpaired) electrons. The van der Waals surface area contributed by atoms with E-state index in [1.54, 1.807) is 24.3 Å². The van der Waals surface area contributed by atoms with E-state index < -0.39 is 23.9 Å². The van der Waals surface area contributed by atoms with Crippen LogP contribution in [0.4, 0.5) is 0 Å². The van der Waals surface area contributed by atoms with Gasteiger partial charge in [0.15, 0.2) is 5.54 Å². The molecule has 0 unspecified atom stereocenters. The Labute approximate surface area is 182 Å². The molecule has 0 saturated carbocycles. The first-order valence-electron chi connectivity index (χ1n) is 9.52. The van der Waals surface area contributed by atoms with Crippen LogP contribution in [0.3, 0.4) is 0 Å². The number of hydrogen-bond donors (Lipinski definition) is 2. The maximum Gasteiger partial charge on any atom is 0.331 e. The zero-order valence-corrected chi connectivity index (χ0v) is 17.6. The number of nitrogens with two attached hydrogens (primary N) is 1. The van der Waals surface area contributed by atoms with E-state index in [9.17, 15) is 14.7 Å². The Morgan fingerprint density at radius 1 is 0.967 bits per heavy atom. The number of carboxylic acids is 1. The Hall–Kier alpha value is -2.96. The quantitative estimate of drug-likeness (QED) is 0.525. The molecule has 152 valence electrons. The van der Waals surface area contributed by atoms with E-state index in [4.69, 9.17) is 10.5 Å². The number of rotatable bonds is 6. The van der Waals surface area contributed by atoms with Crippen LogP contribution in [0.25, 0.3) is 11.1 Å². The fourth-order valence-electron chi connectivity index (χ4n) is 4.02. The summed E-state index contributed by atoms with van der Waals surface area (Å²) >= 11 is 3.34. The number of esters is 1. The van der Waals surface area contributed by atoms with E-state index in [2.05, 4.69) is 28.1 Å². The summed E-state index contributed by atoms with van der Waals surface area (Å²) in [6.45, 7) is 0.0828. The van der Waals surface area contributed by atoms with E-state index in [0.717, 1.165) is 22.3 Å². The van der Waals surface area contributed by atoms with Crippen LogP contribution >= 0.6 is 15.9 Å². The Morgan fingerprint density at radius 3 is 2.13 bits per heavy atom. The second-order valence-corrected chi connectivity index (χ2v) is 8.29. The van der Waals surface area contributed by atoms with Gasteiger partial charge in [-0.1, -0.05) is 76.6 Å². The highest BCUT2D eigenvalue weighted by molar-refractivity contribution is 9.10. The number of carbonyl (C=O) groups is 2. The summed E-state index contributed by atoms with van der Waals surface area (Å²) in [5.74, 6) is -2.06. The van der Waals surface area contributed by atoms with Crippen LogP contribution in [-0.4, -0.2) is 23.7 Å². The first-order valence-corrected chi connectivity index (χ1v) is 10.3. The molecule has 0 fully saturated rings. The summed E-state index contributed by atoms with van der Waals surface area (Å²) in [6.07, 6.45) is -0.569.